The molecule has 1 unspecified atom stereocenters. The second kappa shape index (κ2) is 5.48. The molecule has 1 aliphatic carbocycles. The van der Waals surface area contributed by atoms with E-state index in [2.05, 4.69) is 5.32 Å². The topological polar surface area (TPSA) is 55.1 Å². The molecule has 1 atom stereocenters. The van der Waals surface area contributed by atoms with Crippen LogP contribution in [0.25, 0.3) is 0 Å². The lowest BCUT2D eigenvalue weighted by Crippen LogP contribution is -2.45. The van der Waals surface area contributed by atoms with Crippen LogP contribution in [-0.4, -0.2) is 16.9 Å². The molecule has 2 rings (SSSR count). The molecule has 1 aromatic carbocycles. The number of aryl methyl sites for hydroxylation is 1. The first-order chi connectivity index (χ1) is 8.56. The number of nitrogens with one attached hydrogen (secondary N) is 1. The molecule has 96 valence electrons. The van der Waals surface area contributed by atoms with Gasteiger partial charge in [-0.3, -0.25) is 4.79 Å². The maximum absolute atomic E-state index is 11.9. The van der Waals surface area contributed by atoms with Crippen LogP contribution < -0.4 is 11.1 Å². The molecule has 0 heterocycles. The average Bonchev–Trinajstić information content (AvgIpc) is 3.13. The Balaban J connectivity index is 1.91. The van der Waals surface area contributed by atoms with Crippen LogP contribution in [0.2, 0.25) is 0 Å². The van der Waals surface area contributed by atoms with Crippen LogP contribution in [0.1, 0.15) is 24.0 Å². The van der Waals surface area contributed by atoms with Gasteiger partial charge < -0.3 is 11.1 Å². The van der Waals surface area contributed by atoms with Gasteiger partial charge in [0.2, 0.25) is 5.91 Å². The van der Waals surface area contributed by atoms with E-state index < -0.39 is 0 Å². The predicted octanol–water partition coefficient (Wildman–Crippen LogP) is 1.72. The number of hydrogen-bond acceptors (Lipinski definition) is 2. The normalized spacial score (nSPS) is 16.1. The summed E-state index contributed by atoms with van der Waals surface area (Å²) in [5, 5.41) is 2.94. The van der Waals surface area contributed by atoms with Gasteiger partial charge in [-0.2, -0.15) is 0 Å². The number of hydrogen-bond donors (Lipinski definition) is 2. The van der Waals surface area contributed by atoms with Crippen LogP contribution >= 0.6 is 12.2 Å². The van der Waals surface area contributed by atoms with Crippen LogP contribution in [0.5, 0.6) is 0 Å². The molecule has 1 aromatic rings. The fourth-order valence-corrected chi connectivity index (χ4v) is 2.22. The van der Waals surface area contributed by atoms with Gasteiger partial charge in [-0.15, -0.1) is 0 Å². The summed E-state index contributed by atoms with van der Waals surface area (Å²) in [7, 11) is 0. The third-order valence-corrected chi connectivity index (χ3v) is 3.46. The van der Waals surface area contributed by atoms with Gasteiger partial charge in [-0.25, -0.2) is 0 Å². The summed E-state index contributed by atoms with van der Waals surface area (Å²) in [4.78, 5) is 12.3. The zero-order valence-electron chi connectivity index (χ0n) is 10.5. The number of carbonyl (C=O) groups excluding carboxylic acids is 1. The zero-order chi connectivity index (χ0) is 13.1. The third kappa shape index (κ3) is 3.53. The molecule has 0 aromatic heterocycles. The fourth-order valence-electron chi connectivity index (χ4n) is 1.97. The number of rotatable bonds is 5. The first-order valence-electron chi connectivity index (χ1n) is 6.20. The smallest absolute Gasteiger partial charge is 0.224 e. The molecule has 0 saturated heterocycles. The molecular weight excluding hydrogens is 244 g/mol. The second-order valence-corrected chi connectivity index (χ2v) is 5.42. The summed E-state index contributed by atoms with van der Waals surface area (Å²) in [5.74, 6) is 0.438. The molecule has 0 spiro atoms. The Morgan fingerprint density at radius 2 is 2.06 bits per heavy atom. The van der Waals surface area contributed by atoms with Crippen molar-refractivity contribution < 1.29 is 4.79 Å². The molecule has 1 saturated carbocycles. The SMILES string of the molecule is Cc1ccc(CC(=O)NC(C(N)=S)C2CC2)cc1. The molecule has 18 heavy (non-hydrogen) atoms. The molecule has 3 N–H and O–H groups in total. The lowest BCUT2D eigenvalue weighted by Gasteiger charge is -2.16. The van der Waals surface area contributed by atoms with Gasteiger partial charge in [-0.1, -0.05) is 42.0 Å². The summed E-state index contributed by atoms with van der Waals surface area (Å²) in [6.45, 7) is 2.03. The molecule has 0 bridgehead atoms. The van der Waals surface area contributed by atoms with Crippen molar-refractivity contribution in [3.8, 4) is 0 Å². The first kappa shape index (κ1) is 13.0. The maximum Gasteiger partial charge on any atom is 0.224 e. The quantitative estimate of drug-likeness (QED) is 0.794. The van der Waals surface area contributed by atoms with Crippen molar-refractivity contribution in [2.75, 3.05) is 0 Å². The predicted molar refractivity (Wildman–Crippen MR) is 76.3 cm³/mol. The largest absolute Gasteiger partial charge is 0.392 e. The van der Waals surface area contributed by atoms with E-state index in [0.717, 1.165) is 18.4 Å². The molecular formula is C14H18N2OS. The number of thiocarbonyl (C=S) groups is 1. The van der Waals surface area contributed by atoms with Gasteiger partial charge in [0.25, 0.3) is 0 Å². The zero-order valence-corrected chi connectivity index (χ0v) is 11.3. The molecule has 4 heteroatoms. The Morgan fingerprint density at radius 3 is 2.56 bits per heavy atom. The standard InChI is InChI=1S/C14H18N2OS/c1-9-2-4-10(5-3-9)8-12(17)16-13(14(15)18)11-6-7-11/h2-5,11,13H,6-8H2,1H3,(H2,15,18)(H,16,17). The lowest BCUT2D eigenvalue weighted by molar-refractivity contribution is -0.120. The second-order valence-electron chi connectivity index (χ2n) is 4.95. The summed E-state index contributed by atoms with van der Waals surface area (Å²) in [6.07, 6.45) is 2.59. The minimum absolute atomic E-state index is 0.0106. The summed E-state index contributed by atoms with van der Waals surface area (Å²) in [5.41, 5.74) is 7.86. The van der Waals surface area contributed by atoms with Crippen molar-refractivity contribution in [1.82, 2.24) is 5.32 Å². The summed E-state index contributed by atoms with van der Waals surface area (Å²) < 4.78 is 0. The molecule has 3 nitrogen and oxygen atoms in total. The first-order valence-corrected chi connectivity index (χ1v) is 6.61. The van der Waals surface area contributed by atoms with Gasteiger partial charge in [-0.05, 0) is 31.2 Å². The molecule has 1 fully saturated rings. The van der Waals surface area contributed by atoms with E-state index in [-0.39, 0.29) is 11.9 Å². The van der Waals surface area contributed by atoms with Crippen molar-refractivity contribution in [2.45, 2.75) is 32.2 Å². The fraction of sp³-hybridized carbons (Fsp3) is 0.429. The van der Waals surface area contributed by atoms with Crippen molar-refractivity contribution in [1.29, 1.82) is 0 Å². The monoisotopic (exact) mass is 262 g/mol. The molecule has 1 amide bonds. The van der Waals surface area contributed by atoms with Gasteiger partial charge in [0.15, 0.2) is 0 Å². The summed E-state index contributed by atoms with van der Waals surface area (Å²) >= 11 is 5.00. The highest BCUT2D eigenvalue weighted by molar-refractivity contribution is 7.80. The van der Waals surface area contributed by atoms with Crippen molar-refractivity contribution in [3.05, 3.63) is 35.4 Å². The molecule has 0 radical (unpaired) electrons. The molecule has 1 aliphatic rings. The lowest BCUT2D eigenvalue weighted by atomic mass is 10.1. The van der Waals surface area contributed by atoms with Gasteiger partial charge in [0.1, 0.15) is 0 Å². The van der Waals surface area contributed by atoms with E-state index in [1.807, 2.05) is 31.2 Å². The Kier molecular flexibility index (Phi) is 3.97. The minimum atomic E-state index is -0.127. The average molecular weight is 262 g/mol. The van der Waals surface area contributed by atoms with Gasteiger partial charge >= 0.3 is 0 Å². The van der Waals surface area contributed by atoms with Crippen LogP contribution in [0.4, 0.5) is 0 Å². The minimum Gasteiger partial charge on any atom is -0.392 e. The number of amides is 1. The number of carbonyl (C=O) groups is 1. The van der Waals surface area contributed by atoms with E-state index in [1.165, 1.54) is 5.56 Å². The van der Waals surface area contributed by atoms with Crippen LogP contribution in [0, 0.1) is 12.8 Å². The van der Waals surface area contributed by atoms with Crippen LogP contribution in [0.3, 0.4) is 0 Å². The highest BCUT2D eigenvalue weighted by Crippen LogP contribution is 2.32. The van der Waals surface area contributed by atoms with Crippen molar-refractivity contribution >= 4 is 23.1 Å². The van der Waals surface area contributed by atoms with E-state index in [1.54, 1.807) is 0 Å². The highest BCUT2D eigenvalue weighted by Gasteiger charge is 2.33. The Labute approximate surface area is 113 Å². The van der Waals surface area contributed by atoms with E-state index in [0.29, 0.717) is 17.3 Å². The Morgan fingerprint density at radius 1 is 1.44 bits per heavy atom. The van der Waals surface area contributed by atoms with Crippen LogP contribution in [-0.2, 0) is 11.2 Å². The Hall–Kier alpha value is -1.42. The van der Waals surface area contributed by atoms with Crippen molar-refractivity contribution in [2.24, 2.45) is 11.7 Å². The van der Waals surface area contributed by atoms with E-state index in [9.17, 15) is 4.79 Å². The summed E-state index contributed by atoms with van der Waals surface area (Å²) in [6, 6.07) is 7.84. The van der Waals surface area contributed by atoms with Crippen molar-refractivity contribution in [3.63, 3.8) is 0 Å². The third-order valence-electron chi connectivity index (χ3n) is 3.20. The van der Waals surface area contributed by atoms with Crippen LogP contribution in [0.15, 0.2) is 24.3 Å². The molecule has 0 aliphatic heterocycles. The van der Waals surface area contributed by atoms with Gasteiger partial charge in [0, 0.05) is 0 Å². The number of benzene rings is 1. The Bertz CT molecular complexity index is 451. The van der Waals surface area contributed by atoms with E-state index in [4.69, 9.17) is 18.0 Å². The maximum atomic E-state index is 11.9. The van der Waals surface area contributed by atoms with Gasteiger partial charge in [0.05, 0.1) is 17.5 Å². The number of nitrogens with two attached hydrogens (primary N) is 1. The highest BCUT2D eigenvalue weighted by atomic mass is 32.1. The van der Waals surface area contributed by atoms with E-state index >= 15 is 0 Å².